The molecule has 2 aromatic carbocycles. The average Bonchev–Trinajstić information content (AvgIpc) is 3.01. The minimum absolute atomic E-state index is 0.0413. The number of nitrogens with one attached hydrogen (secondary N) is 1. The van der Waals surface area contributed by atoms with Crippen molar-refractivity contribution in [1.29, 1.82) is 0 Å². The number of carbonyl (C=O) groups excluding carboxylic acids is 1. The quantitative estimate of drug-likeness (QED) is 0.843. The number of hydrogen-bond acceptors (Lipinski definition) is 3. The highest BCUT2D eigenvalue weighted by Gasteiger charge is 2.32. The average molecular weight is 367 g/mol. The first-order valence-corrected chi connectivity index (χ1v) is 9.93. The van der Waals surface area contributed by atoms with E-state index in [0.717, 1.165) is 16.7 Å². The van der Waals surface area contributed by atoms with E-state index in [1.165, 1.54) is 0 Å². The van der Waals surface area contributed by atoms with Crippen LogP contribution in [0.5, 0.6) is 0 Å². The molecule has 1 aliphatic rings. The van der Waals surface area contributed by atoms with Gasteiger partial charge in [0.15, 0.2) is 5.78 Å². The van der Waals surface area contributed by atoms with E-state index in [9.17, 15) is 13.2 Å². The van der Waals surface area contributed by atoms with Crippen LogP contribution < -0.4 is 4.72 Å². The van der Waals surface area contributed by atoms with E-state index in [1.54, 1.807) is 30.3 Å². The van der Waals surface area contributed by atoms with Crippen LogP contribution in [0, 0.1) is 6.92 Å². The minimum Gasteiger partial charge on any atom is -0.294 e. The zero-order valence-corrected chi connectivity index (χ0v) is 15.4. The molecule has 1 atom stereocenters. The number of carbonyl (C=O) groups is 1. The van der Waals surface area contributed by atoms with E-state index in [2.05, 4.69) is 11.3 Å². The van der Waals surface area contributed by atoms with Crippen LogP contribution in [-0.2, 0) is 14.8 Å². The molecule has 0 saturated carbocycles. The maximum absolute atomic E-state index is 12.9. The van der Waals surface area contributed by atoms with Crippen molar-refractivity contribution in [1.82, 2.24) is 4.72 Å². The summed E-state index contributed by atoms with van der Waals surface area (Å²) in [6.07, 6.45) is 2.62. The topological polar surface area (TPSA) is 63.2 Å². The molecule has 3 rings (SSSR count). The zero-order chi connectivity index (χ0) is 18.7. The minimum atomic E-state index is -3.79. The fourth-order valence-electron chi connectivity index (χ4n) is 3.13. The Hall–Kier alpha value is -2.50. The predicted molar refractivity (Wildman–Crippen MR) is 102 cm³/mol. The Kier molecular flexibility index (Phi) is 5.20. The Labute approximate surface area is 154 Å². The van der Waals surface area contributed by atoms with Gasteiger partial charge in [-0.3, -0.25) is 4.79 Å². The zero-order valence-electron chi connectivity index (χ0n) is 14.6. The van der Waals surface area contributed by atoms with E-state index < -0.39 is 16.1 Å². The smallest absolute Gasteiger partial charge is 0.241 e. The molecule has 2 aromatic rings. The van der Waals surface area contributed by atoms with Gasteiger partial charge in [-0.25, -0.2) is 8.42 Å². The van der Waals surface area contributed by atoms with Crippen molar-refractivity contribution in [2.45, 2.75) is 30.7 Å². The summed E-state index contributed by atoms with van der Waals surface area (Å²) in [7, 11) is -3.79. The number of sulfonamides is 1. The number of benzene rings is 2. The maximum atomic E-state index is 12.9. The van der Waals surface area contributed by atoms with Crippen LogP contribution in [0.4, 0.5) is 0 Å². The maximum Gasteiger partial charge on any atom is 0.241 e. The fourth-order valence-corrected chi connectivity index (χ4v) is 4.33. The summed E-state index contributed by atoms with van der Waals surface area (Å²) in [4.78, 5) is 12.7. The van der Waals surface area contributed by atoms with E-state index in [1.807, 2.05) is 37.3 Å². The largest absolute Gasteiger partial charge is 0.294 e. The lowest BCUT2D eigenvalue weighted by molar-refractivity contribution is -0.115. The molecule has 0 amide bonds. The second-order valence-corrected chi connectivity index (χ2v) is 8.06. The van der Waals surface area contributed by atoms with Crippen LogP contribution in [-0.4, -0.2) is 14.2 Å². The van der Waals surface area contributed by atoms with Gasteiger partial charge >= 0.3 is 0 Å². The molecule has 134 valence electrons. The summed E-state index contributed by atoms with van der Waals surface area (Å²) >= 11 is 0. The van der Waals surface area contributed by atoms with Crippen LogP contribution in [0.25, 0.3) is 0 Å². The van der Waals surface area contributed by atoms with Gasteiger partial charge in [-0.15, -0.1) is 0 Å². The number of hydrogen-bond donors (Lipinski definition) is 1. The third kappa shape index (κ3) is 3.69. The van der Waals surface area contributed by atoms with Gasteiger partial charge in [-0.2, -0.15) is 4.72 Å². The number of ketones is 1. The molecule has 5 heteroatoms. The van der Waals surface area contributed by atoms with Crippen molar-refractivity contribution in [2.24, 2.45) is 0 Å². The highest BCUT2D eigenvalue weighted by molar-refractivity contribution is 7.89. The molecule has 0 aliphatic heterocycles. The molecule has 1 unspecified atom stereocenters. The van der Waals surface area contributed by atoms with Gasteiger partial charge in [0, 0.05) is 12.0 Å². The Morgan fingerprint density at radius 3 is 2.31 bits per heavy atom. The van der Waals surface area contributed by atoms with Crippen molar-refractivity contribution >= 4 is 15.8 Å². The summed E-state index contributed by atoms with van der Waals surface area (Å²) in [6.45, 7) is 5.68. The van der Waals surface area contributed by atoms with Crippen LogP contribution in [0.2, 0.25) is 0 Å². The van der Waals surface area contributed by atoms with Gasteiger partial charge in [0.1, 0.15) is 0 Å². The monoisotopic (exact) mass is 367 g/mol. The number of Topliss-reactive ketones (excluding diaryl/α,β-unsaturated/α-hetero) is 1. The first-order chi connectivity index (χ1) is 12.4. The molecule has 0 radical (unpaired) electrons. The van der Waals surface area contributed by atoms with E-state index in [0.29, 0.717) is 18.4 Å². The van der Waals surface area contributed by atoms with Crippen LogP contribution in [0.1, 0.15) is 30.0 Å². The first kappa shape index (κ1) is 18.3. The summed E-state index contributed by atoms with van der Waals surface area (Å²) in [6, 6.07) is 15.1. The molecule has 0 saturated heterocycles. The fraction of sp³-hybridized carbons (Fsp3) is 0.190. The van der Waals surface area contributed by atoms with E-state index in [-0.39, 0.29) is 10.7 Å². The Morgan fingerprint density at radius 1 is 1.04 bits per heavy atom. The van der Waals surface area contributed by atoms with Gasteiger partial charge in [0.25, 0.3) is 0 Å². The Morgan fingerprint density at radius 2 is 1.69 bits per heavy atom. The first-order valence-electron chi connectivity index (χ1n) is 8.45. The van der Waals surface area contributed by atoms with Gasteiger partial charge in [0.05, 0.1) is 10.9 Å². The van der Waals surface area contributed by atoms with Gasteiger partial charge in [0.2, 0.25) is 10.0 Å². The van der Waals surface area contributed by atoms with Gasteiger partial charge < -0.3 is 0 Å². The summed E-state index contributed by atoms with van der Waals surface area (Å²) < 4.78 is 28.6. The number of rotatable bonds is 6. The second-order valence-electron chi connectivity index (χ2n) is 6.34. The molecular weight excluding hydrogens is 346 g/mol. The second kappa shape index (κ2) is 7.40. The summed E-state index contributed by atoms with van der Waals surface area (Å²) in [5.74, 6) is -0.0413. The molecule has 0 heterocycles. The Balaban J connectivity index is 2.06. The third-order valence-corrected chi connectivity index (χ3v) is 5.98. The summed E-state index contributed by atoms with van der Waals surface area (Å²) in [5.41, 5.74) is 3.00. The van der Waals surface area contributed by atoms with Gasteiger partial charge in [-0.05, 0) is 36.6 Å². The highest BCUT2D eigenvalue weighted by atomic mass is 32.2. The molecule has 0 aromatic heterocycles. The Bertz CT molecular complexity index is 958. The number of allylic oxidation sites excluding steroid dienone is 2. The van der Waals surface area contributed by atoms with Crippen molar-refractivity contribution in [3.8, 4) is 0 Å². The molecule has 0 spiro atoms. The van der Waals surface area contributed by atoms with Crippen molar-refractivity contribution < 1.29 is 13.2 Å². The lowest BCUT2D eigenvalue weighted by Gasteiger charge is -2.21. The standard InChI is InChI=1S/C21H21NO3S/c1-3-16-11-14-19(23)20(16)21(17-7-5-4-6-8-17)22-26(24,25)18-12-9-15(2)10-13-18/h3-10,12-13,21-22H,1,11,14H2,2H3. The molecule has 1 N–H and O–H groups in total. The predicted octanol–water partition coefficient (Wildman–Crippen LogP) is 3.86. The van der Waals surface area contributed by atoms with Crippen molar-refractivity contribution in [3.63, 3.8) is 0 Å². The lowest BCUT2D eigenvalue weighted by Crippen LogP contribution is -2.31. The highest BCUT2D eigenvalue weighted by Crippen LogP contribution is 2.34. The molecule has 0 bridgehead atoms. The third-order valence-electron chi connectivity index (χ3n) is 4.54. The number of aryl methyl sites for hydroxylation is 1. The van der Waals surface area contributed by atoms with Gasteiger partial charge in [-0.1, -0.05) is 60.7 Å². The van der Waals surface area contributed by atoms with Crippen molar-refractivity contribution in [2.75, 3.05) is 0 Å². The molecule has 0 fully saturated rings. The van der Waals surface area contributed by atoms with E-state index in [4.69, 9.17) is 0 Å². The van der Waals surface area contributed by atoms with Crippen LogP contribution in [0.15, 0.2) is 83.3 Å². The molecular formula is C21H21NO3S. The molecule has 4 nitrogen and oxygen atoms in total. The lowest BCUT2D eigenvalue weighted by atomic mass is 9.96. The van der Waals surface area contributed by atoms with Crippen LogP contribution in [0.3, 0.4) is 0 Å². The normalized spacial score (nSPS) is 16.0. The summed E-state index contributed by atoms with van der Waals surface area (Å²) in [5, 5.41) is 0. The van der Waals surface area contributed by atoms with Crippen LogP contribution >= 0.6 is 0 Å². The SMILES string of the molecule is C=CC1=C(C(NS(=O)(=O)c2ccc(C)cc2)c2ccccc2)C(=O)CC1. The van der Waals surface area contributed by atoms with Crippen molar-refractivity contribution in [3.05, 3.63) is 89.5 Å². The van der Waals surface area contributed by atoms with E-state index >= 15 is 0 Å². The molecule has 1 aliphatic carbocycles. The molecule has 26 heavy (non-hydrogen) atoms.